The second-order valence-corrected chi connectivity index (χ2v) is 14.2. The maximum absolute atomic E-state index is 13.6. The maximum Gasteiger partial charge on any atom is 0.375 e. The lowest BCUT2D eigenvalue weighted by Gasteiger charge is -2.39. The summed E-state index contributed by atoms with van der Waals surface area (Å²) in [5.41, 5.74) is 1.91. The van der Waals surface area contributed by atoms with Gasteiger partial charge in [-0.15, -0.1) is 0 Å². The lowest BCUT2D eigenvalue weighted by Crippen LogP contribution is -2.51. The number of hydrogen-bond donors (Lipinski definition) is 4. The van der Waals surface area contributed by atoms with Crippen molar-refractivity contribution in [1.29, 1.82) is 0 Å². The Hall–Kier alpha value is -4.36. The van der Waals surface area contributed by atoms with Crippen molar-refractivity contribution in [2.75, 3.05) is 39.5 Å². The number of Topliss-reactive ketones (excluding diaryl/α,β-unsaturated/α-hetero) is 1. The van der Waals surface area contributed by atoms with Gasteiger partial charge in [-0.1, -0.05) is 17.7 Å². The highest BCUT2D eigenvalue weighted by Gasteiger charge is 2.48. The number of hydrogen-bond acceptors (Lipinski definition) is 12. The van der Waals surface area contributed by atoms with Crippen molar-refractivity contribution in [2.24, 2.45) is 10.9 Å². The average Bonchev–Trinajstić information content (AvgIpc) is 3.83. The number of ketones is 1. The van der Waals surface area contributed by atoms with Crippen LogP contribution in [0.5, 0.6) is 17.2 Å². The molecule has 4 N–H and O–H groups in total. The van der Waals surface area contributed by atoms with E-state index >= 15 is 0 Å². The Morgan fingerprint density at radius 1 is 1.15 bits per heavy atom. The second-order valence-electron chi connectivity index (χ2n) is 14.2. The van der Waals surface area contributed by atoms with Gasteiger partial charge in [-0.3, -0.25) is 14.6 Å². The number of fused-ring (bicyclic) bond motifs is 3. The van der Waals surface area contributed by atoms with E-state index < -0.39 is 30.2 Å². The third-order valence-electron chi connectivity index (χ3n) is 11.2. The fraction of sp³-hybridized carbons (Fsp3) is 0.500. The SMILES string of the molecule is CCOC(=O)C1=C(C=O)/C(=C2\CCC(=O)[C@@H](c3ccc4c(c3)=CCN=4)C2)c2c(OCCCO)c3c(c(CO)c2O1)O[C@H]([C@](C)(O)C1CCNCC1)C3. The number of aliphatic hydroxyl groups excluding tert-OH is 2. The molecule has 0 radical (unpaired) electrons. The smallest absolute Gasteiger partial charge is 0.375 e. The van der Waals surface area contributed by atoms with E-state index in [0.717, 1.165) is 47.6 Å². The van der Waals surface area contributed by atoms with Crippen LogP contribution in [0.3, 0.4) is 0 Å². The van der Waals surface area contributed by atoms with Crippen LogP contribution in [0.1, 0.15) is 80.5 Å². The van der Waals surface area contributed by atoms with Crippen LogP contribution in [0.25, 0.3) is 11.6 Å². The minimum Gasteiger partial charge on any atom is -0.492 e. The molecule has 1 aliphatic carbocycles. The number of benzene rings is 2. The van der Waals surface area contributed by atoms with Crippen molar-refractivity contribution in [2.45, 2.75) is 83.0 Å². The number of rotatable bonds is 11. The van der Waals surface area contributed by atoms with Gasteiger partial charge in [-0.05, 0) is 81.5 Å². The average molecular weight is 715 g/mol. The van der Waals surface area contributed by atoms with Gasteiger partial charge >= 0.3 is 5.97 Å². The summed E-state index contributed by atoms with van der Waals surface area (Å²) in [6, 6.07) is 5.83. The van der Waals surface area contributed by atoms with E-state index in [9.17, 15) is 29.7 Å². The fourth-order valence-electron chi connectivity index (χ4n) is 8.38. The van der Waals surface area contributed by atoms with Crippen LogP contribution >= 0.6 is 0 Å². The summed E-state index contributed by atoms with van der Waals surface area (Å²) in [7, 11) is 0. The molecule has 0 spiro atoms. The van der Waals surface area contributed by atoms with Crippen LogP contribution in [0.4, 0.5) is 0 Å². The molecule has 12 nitrogen and oxygen atoms in total. The first-order valence-corrected chi connectivity index (χ1v) is 18.3. The van der Waals surface area contributed by atoms with E-state index in [1.807, 2.05) is 24.3 Å². The quantitative estimate of drug-likeness (QED) is 0.153. The summed E-state index contributed by atoms with van der Waals surface area (Å²) in [5, 5.41) is 37.8. The van der Waals surface area contributed by atoms with Gasteiger partial charge in [-0.2, -0.15) is 0 Å². The van der Waals surface area contributed by atoms with Crippen molar-refractivity contribution < 1.29 is 48.7 Å². The molecule has 3 atom stereocenters. The van der Waals surface area contributed by atoms with Gasteiger partial charge in [0.15, 0.2) is 6.29 Å². The number of esters is 1. The Morgan fingerprint density at radius 3 is 2.69 bits per heavy atom. The zero-order valence-corrected chi connectivity index (χ0v) is 29.7. The number of aliphatic hydroxyl groups is 3. The summed E-state index contributed by atoms with van der Waals surface area (Å²) in [6.45, 7) is 5.02. The van der Waals surface area contributed by atoms with E-state index in [-0.39, 0.29) is 79.2 Å². The zero-order chi connectivity index (χ0) is 36.6. The molecule has 2 aromatic rings. The highest BCUT2D eigenvalue weighted by atomic mass is 16.6. The molecule has 1 saturated heterocycles. The molecule has 7 rings (SSSR count). The van der Waals surface area contributed by atoms with Gasteiger partial charge in [-0.25, -0.2) is 4.79 Å². The van der Waals surface area contributed by atoms with E-state index in [2.05, 4.69) is 10.3 Å². The van der Waals surface area contributed by atoms with Crippen molar-refractivity contribution in [1.82, 2.24) is 5.32 Å². The molecule has 2 fully saturated rings. The molecule has 0 unspecified atom stereocenters. The van der Waals surface area contributed by atoms with Crippen molar-refractivity contribution in [3.63, 3.8) is 0 Å². The number of nitrogens with one attached hydrogen (secondary N) is 1. The minimum atomic E-state index is -1.24. The van der Waals surface area contributed by atoms with E-state index in [0.29, 0.717) is 48.1 Å². The Balaban J connectivity index is 1.43. The molecule has 5 aliphatic rings. The van der Waals surface area contributed by atoms with Crippen molar-refractivity contribution in [3.8, 4) is 17.2 Å². The number of allylic oxidation sites excluding steroid dienone is 3. The van der Waals surface area contributed by atoms with Gasteiger partial charge in [0.2, 0.25) is 5.76 Å². The Bertz CT molecular complexity index is 1970. The van der Waals surface area contributed by atoms with Crippen LogP contribution in [0.15, 0.2) is 40.1 Å². The Kier molecular flexibility index (Phi) is 10.3. The number of carbonyl (C=O) groups excluding carboxylic acids is 3. The van der Waals surface area contributed by atoms with Crippen LogP contribution in [-0.2, 0) is 32.1 Å². The van der Waals surface area contributed by atoms with E-state index in [1.165, 1.54) is 0 Å². The normalized spacial score (nSPS) is 23.7. The topological polar surface area (TPSA) is 173 Å². The number of nitrogens with zero attached hydrogens (tertiary/aromatic N) is 1. The molecule has 12 heteroatoms. The van der Waals surface area contributed by atoms with Crippen LogP contribution in [0, 0.1) is 5.92 Å². The molecule has 2 aromatic carbocycles. The van der Waals surface area contributed by atoms with Crippen LogP contribution in [0.2, 0.25) is 0 Å². The van der Waals surface area contributed by atoms with Crippen LogP contribution in [-0.4, -0.2) is 84.5 Å². The van der Waals surface area contributed by atoms with Crippen molar-refractivity contribution >= 4 is 29.7 Å². The largest absolute Gasteiger partial charge is 0.492 e. The fourth-order valence-corrected chi connectivity index (χ4v) is 8.38. The zero-order valence-electron chi connectivity index (χ0n) is 29.7. The molecule has 4 aliphatic heterocycles. The van der Waals surface area contributed by atoms with Gasteiger partial charge in [0.1, 0.15) is 34.7 Å². The number of aldehydes is 1. The van der Waals surface area contributed by atoms with Crippen molar-refractivity contribution in [3.05, 3.63) is 67.9 Å². The molecule has 52 heavy (non-hydrogen) atoms. The lowest BCUT2D eigenvalue weighted by atomic mass is 9.75. The van der Waals surface area contributed by atoms with E-state index in [4.69, 9.17) is 18.9 Å². The molecular weight excluding hydrogens is 668 g/mol. The molecular formula is C40H46N2O10. The number of piperidine rings is 1. The first kappa shape index (κ1) is 36.0. The van der Waals surface area contributed by atoms with Gasteiger partial charge in [0.25, 0.3) is 0 Å². The highest BCUT2D eigenvalue weighted by Crippen LogP contribution is 2.57. The highest BCUT2D eigenvalue weighted by molar-refractivity contribution is 6.11. The summed E-state index contributed by atoms with van der Waals surface area (Å²) >= 11 is 0. The predicted octanol–water partition coefficient (Wildman–Crippen LogP) is 2.11. The molecule has 1 saturated carbocycles. The molecule has 0 amide bonds. The standard InChI is InChI=1S/C40H46N2O10/c1-3-49-39(47)38-28(20-44)33(24-6-8-31(46)26(18-24)22-5-7-30-23(17-22)9-14-42-30)34-36(50-16-4-15-43)27-19-32(40(2,48)25-10-12-41-13-11-25)51-35(27)29(21-45)37(34)52-38/h5,7,9,17,20,25-26,32,41,43,45,48H,3-4,6,8,10-16,18-19,21H2,1-2H3/b33-24-/t26-,32+,40-/m1/s1. The summed E-state index contributed by atoms with van der Waals surface area (Å²) in [6.07, 6.45) is 4.74. The Labute approximate surface area is 301 Å². The molecule has 0 bridgehead atoms. The third kappa shape index (κ3) is 6.35. The maximum atomic E-state index is 13.6. The van der Waals surface area contributed by atoms with Gasteiger partial charge in [0.05, 0.1) is 48.4 Å². The first-order chi connectivity index (χ1) is 25.2. The number of ether oxygens (including phenoxy) is 4. The molecule has 0 aromatic heterocycles. The van der Waals surface area contributed by atoms with Crippen LogP contribution < -0.4 is 30.1 Å². The second kappa shape index (κ2) is 14.9. The third-order valence-corrected chi connectivity index (χ3v) is 11.2. The van der Waals surface area contributed by atoms with Gasteiger partial charge in [0, 0.05) is 42.9 Å². The summed E-state index contributed by atoms with van der Waals surface area (Å²) < 4.78 is 24.7. The monoisotopic (exact) mass is 714 g/mol. The molecule has 276 valence electrons. The van der Waals surface area contributed by atoms with Gasteiger partial charge < -0.3 is 39.6 Å². The Morgan fingerprint density at radius 2 is 1.96 bits per heavy atom. The number of carbonyl (C=O) groups is 3. The minimum absolute atomic E-state index is 0.0257. The van der Waals surface area contributed by atoms with E-state index in [1.54, 1.807) is 13.8 Å². The summed E-state index contributed by atoms with van der Waals surface area (Å²) in [5.74, 6) is -0.983. The summed E-state index contributed by atoms with van der Waals surface area (Å²) in [4.78, 5) is 44.7. The first-order valence-electron chi connectivity index (χ1n) is 18.3. The molecule has 4 heterocycles. The predicted molar refractivity (Wildman–Crippen MR) is 189 cm³/mol. The lowest BCUT2D eigenvalue weighted by molar-refractivity contribution is -0.141.